The molecule has 0 saturated heterocycles. The van der Waals surface area contributed by atoms with E-state index in [1.54, 1.807) is 19.1 Å². The molecule has 1 unspecified atom stereocenters. The molecule has 0 spiro atoms. The molecule has 0 aliphatic carbocycles. The fourth-order valence-electron chi connectivity index (χ4n) is 1.66. The van der Waals surface area contributed by atoms with E-state index in [1.165, 1.54) is 6.07 Å². The Morgan fingerprint density at radius 1 is 1.40 bits per heavy atom. The fraction of sp³-hybridized carbons (Fsp3) is 0.500. The fourth-order valence-corrected chi connectivity index (χ4v) is 1.66. The number of nitro groups is 1. The molecular weight excluding hydrogens is 258 g/mol. The average Bonchev–Trinajstić information content (AvgIpc) is 2.44. The monoisotopic (exact) mass is 279 g/mol. The Balaban J connectivity index is 2.96. The number of nitrogens with one attached hydrogen (secondary N) is 2. The molecule has 0 aromatic heterocycles. The highest BCUT2D eigenvalue weighted by Crippen LogP contribution is 2.26. The van der Waals surface area contributed by atoms with Gasteiger partial charge in [-0.1, -0.05) is 20.3 Å². The van der Waals surface area contributed by atoms with Gasteiger partial charge >= 0.3 is 0 Å². The van der Waals surface area contributed by atoms with Gasteiger partial charge in [-0.05, 0) is 25.0 Å². The zero-order valence-electron chi connectivity index (χ0n) is 12.1. The summed E-state index contributed by atoms with van der Waals surface area (Å²) in [6.07, 6.45) is 0.998. The molecule has 0 bridgehead atoms. The number of carbonyl (C=O) groups excluding carboxylic acids is 1. The van der Waals surface area contributed by atoms with Crippen LogP contribution in [-0.2, 0) is 0 Å². The lowest BCUT2D eigenvalue weighted by molar-refractivity contribution is -0.384. The zero-order valence-corrected chi connectivity index (χ0v) is 12.1. The van der Waals surface area contributed by atoms with Gasteiger partial charge in [-0.3, -0.25) is 14.9 Å². The van der Waals surface area contributed by atoms with Crippen molar-refractivity contribution in [2.75, 3.05) is 18.4 Å². The summed E-state index contributed by atoms with van der Waals surface area (Å²) in [5, 5.41) is 16.8. The maximum absolute atomic E-state index is 11.7. The van der Waals surface area contributed by atoms with Crippen molar-refractivity contribution in [1.29, 1.82) is 0 Å². The minimum Gasteiger partial charge on any atom is -0.379 e. The molecule has 0 fully saturated rings. The van der Waals surface area contributed by atoms with Crippen LogP contribution in [0.3, 0.4) is 0 Å². The molecular formula is C14H21N3O3. The Morgan fingerprint density at radius 3 is 2.65 bits per heavy atom. The minimum absolute atomic E-state index is 0.0722. The van der Waals surface area contributed by atoms with Gasteiger partial charge in [-0.2, -0.15) is 0 Å². The lowest BCUT2D eigenvalue weighted by Gasteiger charge is -2.12. The number of rotatable bonds is 7. The lowest BCUT2D eigenvalue weighted by Crippen LogP contribution is -2.22. The van der Waals surface area contributed by atoms with E-state index in [1.807, 2.05) is 0 Å². The van der Waals surface area contributed by atoms with Crippen LogP contribution in [0.1, 0.15) is 37.6 Å². The van der Waals surface area contributed by atoms with Gasteiger partial charge < -0.3 is 10.6 Å². The van der Waals surface area contributed by atoms with Crippen LogP contribution in [0.2, 0.25) is 0 Å². The largest absolute Gasteiger partial charge is 0.379 e. The average molecular weight is 279 g/mol. The van der Waals surface area contributed by atoms with Gasteiger partial charge in [0.2, 0.25) is 0 Å². The van der Waals surface area contributed by atoms with Crippen molar-refractivity contribution in [2.24, 2.45) is 5.92 Å². The topological polar surface area (TPSA) is 84.3 Å². The molecule has 1 aromatic carbocycles. The maximum Gasteiger partial charge on any atom is 0.293 e. The Bertz CT molecular complexity index is 489. The van der Waals surface area contributed by atoms with Crippen LogP contribution in [0.4, 0.5) is 11.4 Å². The van der Waals surface area contributed by atoms with Crippen molar-refractivity contribution in [3.63, 3.8) is 0 Å². The number of anilines is 1. The summed E-state index contributed by atoms with van der Waals surface area (Å²) in [6, 6.07) is 4.49. The number of hydrogen-bond donors (Lipinski definition) is 2. The van der Waals surface area contributed by atoms with Gasteiger partial charge in [-0.25, -0.2) is 0 Å². The first kappa shape index (κ1) is 15.9. The molecule has 1 aromatic rings. The molecule has 1 atom stereocenters. The second-order valence-corrected chi connectivity index (χ2v) is 4.74. The number of nitro benzene ring substituents is 1. The molecule has 1 amide bonds. The van der Waals surface area contributed by atoms with Gasteiger partial charge in [0.25, 0.3) is 11.6 Å². The molecule has 20 heavy (non-hydrogen) atoms. The molecule has 0 saturated carbocycles. The maximum atomic E-state index is 11.7. The zero-order chi connectivity index (χ0) is 15.1. The van der Waals surface area contributed by atoms with Crippen LogP contribution >= 0.6 is 0 Å². The molecule has 1 rings (SSSR count). The van der Waals surface area contributed by atoms with Crippen molar-refractivity contribution in [3.8, 4) is 0 Å². The third-order valence-electron chi connectivity index (χ3n) is 3.13. The van der Waals surface area contributed by atoms with Gasteiger partial charge in [-0.15, -0.1) is 0 Å². The third-order valence-corrected chi connectivity index (χ3v) is 3.13. The third kappa shape index (κ3) is 4.22. The van der Waals surface area contributed by atoms with E-state index in [-0.39, 0.29) is 11.6 Å². The van der Waals surface area contributed by atoms with Gasteiger partial charge in [0.15, 0.2) is 0 Å². The van der Waals surface area contributed by atoms with Crippen molar-refractivity contribution < 1.29 is 9.72 Å². The number of benzene rings is 1. The predicted octanol–water partition coefficient (Wildman–Crippen LogP) is 2.80. The molecule has 6 nitrogen and oxygen atoms in total. The van der Waals surface area contributed by atoms with E-state index in [0.717, 1.165) is 6.42 Å². The molecule has 0 aliphatic heterocycles. The predicted molar refractivity (Wildman–Crippen MR) is 79.0 cm³/mol. The van der Waals surface area contributed by atoms with Gasteiger partial charge in [0, 0.05) is 24.7 Å². The van der Waals surface area contributed by atoms with Crippen molar-refractivity contribution >= 4 is 17.3 Å². The van der Waals surface area contributed by atoms with E-state index in [2.05, 4.69) is 24.5 Å². The summed E-state index contributed by atoms with van der Waals surface area (Å²) in [5.41, 5.74) is 0.674. The Kier molecular flexibility index (Phi) is 5.96. The van der Waals surface area contributed by atoms with Crippen molar-refractivity contribution in [1.82, 2.24) is 5.32 Å². The summed E-state index contributed by atoms with van der Waals surface area (Å²) < 4.78 is 0. The smallest absolute Gasteiger partial charge is 0.293 e. The van der Waals surface area contributed by atoms with Gasteiger partial charge in [0.05, 0.1) is 4.92 Å². The van der Waals surface area contributed by atoms with Gasteiger partial charge in [0.1, 0.15) is 5.69 Å². The van der Waals surface area contributed by atoms with E-state index >= 15 is 0 Å². The molecule has 110 valence electrons. The van der Waals surface area contributed by atoms with E-state index in [4.69, 9.17) is 0 Å². The van der Waals surface area contributed by atoms with E-state index in [0.29, 0.717) is 30.3 Å². The first-order chi connectivity index (χ1) is 9.49. The molecule has 0 radical (unpaired) electrons. The highest BCUT2D eigenvalue weighted by molar-refractivity contribution is 5.95. The lowest BCUT2D eigenvalue weighted by atomic mass is 10.1. The second kappa shape index (κ2) is 7.47. The minimum atomic E-state index is -0.471. The number of amides is 1. The first-order valence-electron chi connectivity index (χ1n) is 6.80. The summed E-state index contributed by atoms with van der Waals surface area (Å²) in [4.78, 5) is 22.3. The Labute approximate surface area is 118 Å². The highest BCUT2D eigenvalue weighted by Gasteiger charge is 2.17. The van der Waals surface area contributed by atoms with Crippen LogP contribution in [-0.4, -0.2) is 23.9 Å². The number of carbonyl (C=O) groups is 1. The van der Waals surface area contributed by atoms with Crippen molar-refractivity contribution in [2.45, 2.75) is 27.2 Å². The quantitative estimate of drug-likeness (QED) is 0.593. The molecule has 6 heteroatoms. The highest BCUT2D eigenvalue weighted by atomic mass is 16.6. The standard InChI is InChI=1S/C14H21N3O3/c1-4-10(3)9-16-12-7-6-11(14(18)15-5-2)8-13(12)17(19)20/h6-8,10,16H,4-5,9H2,1-3H3,(H,15,18). The summed E-state index contributed by atoms with van der Waals surface area (Å²) in [6.45, 7) is 7.09. The summed E-state index contributed by atoms with van der Waals surface area (Å²) in [5.74, 6) is 0.127. The van der Waals surface area contributed by atoms with Crippen LogP contribution < -0.4 is 10.6 Å². The summed E-state index contributed by atoms with van der Waals surface area (Å²) >= 11 is 0. The molecule has 0 heterocycles. The number of nitrogens with zero attached hydrogens (tertiary/aromatic N) is 1. The Morgan fingerprint density at radius 2 is 2.10 bits per heavy atom. The van der Waals surface area contributed by atoms with E-state index in [9.17, 15) is 14.9 Å². The molecule has 2 N–H and O–H groups in total. The second-order valence-electron chi connectivity index (χ2n) is 4.74. The van der Waals surface area contributed by atoms with E-state index < -0.39 is 4.92 Å². The van der Waals surface area contributed by atoms with Crippen molar-refractivity contribution in [3.05, 3.63) is 33.9 Å². The van der Waals surface area contributed by atoms with Crippen LogP contribution in [0.5, 0.6) is 0 Å². The SMILES string of the molecule is CCNC(=O)c1ccc(NCC(C)CC)c([N+](=O)[O-])c1. The Hall–Kier alpha value is -2.11. The first-order valence-corrected chi connectivity index (χ1v) is 6.80. The molecule has 0 aliphatic rings. The summed E-state index contributed by atoms with van der Waals surface area (Å²) in [7, 11) is 0. The van der Waals surface area contributed by atoms with Crippen LogP contribution in [0.15, 0.2) is 18.2 Å². The van der Waals surface area contributed by atoms with Crippen LogP contribution in [0.25, 0.3) is 0 Å². The normalized spacial score (nSPS) is 11.8. The number of hydrogen-bond acceptors (Lipinski definition) is 4. The van der Waals surface area contributed by atoms with Crippen LogP contribution in [0, 0.1) is 16.0 Å².